The number of carbonyl (C=O) groups is 1. The zero-order chi connectivity index (χ0) is 14.8. The number of anilines is 1. The Kier molecular flexibility index (Phi) is 3.77. The van der Waals surface area contributed by atoms with Crippen molar-refractivity contribution in [3.63, 3.8) is 0 Å². The predicted molar refractivity (Wildman–Crippen MR) is 79.1 cm³/mol. The Hall–Kier alpha value is -2.32. The largest absolute Gasteiger partial charge is 0.326 e. The number of rotatable bonds is 3. The van der Waals surface area contributed by atoms with Crippen molar-refractivity contribution in [3.8, 4) is 12.3 Å². The maximum absolute atomic E-state index is 11.9. The lowest BCUT2D eigenvalue weighted by Gasteiger charge is -2.06. The van der Waals surface area contributed by atoms with E-state index in [1.54, 1.807) is 30.3 Å². The van der Waals surface area contributed by atoms with Crippen LogP contribution in [0.25, 0.3) is 10.8 Å². The average Bonchev–Trinajstić information content (AvgIpc) is 2.37. The van der Waals surface area contributed by atoms with Crippen molar-refractivity contribution in [2.75, 3.05) is 11.1 Å². The molecule has 0 saturated heterocycles. The maximum atomic E-state index is 11.9. The Labute approximate surface area is 117 Å². The molecule has 102 valence electrons. The van der Waals surface area contributed by atoms with Crippen molar-refractivity contribution in [1.29, 1.82) is 0 Å². The molecule has 0 fully saturated rings. The Balaban J connectivity index is 2.47. The second-order valence-electron chi connectivity index (χ2n) is 4.37. The van der Waals surface area contributed by atoms with Crippen LogP contribution in [0.3, 0.4) is 0 Å². The van der Waals surface area contributed by atoms with Gasteiger partial charge in [0.2, 0.25) is 5.91 Å². The van der Waals surface area contributed by atoms with E-state index >= 15 is 0 Å². The van der Waals surface area contributed by atoms with Crippen LogP contribution < -0.4 is 5.32 Å². The fraction of sp³-hybridized carbons (Fsp3) is 0.133. The van der Waals surface area contributed by atoms with Crippen molar-refractivity contribution < 1.29 is 13.2 Å². The predicted octanol–water partition coefficient (Wildman–Crippen LogP) is 2.21. The van der Waals surface area contributed by atoms with Crippen LogP contribution in [-0.4, -0.2) is 20.1 Å². The number of benzene rings is 2. The summed E-state index contributed by atoms with van der Waals surface area (Å²) >= 11 is 0. The number of hydrogen-bond acceptors (Lipinski definition) is 3. The van der Waals surface area contributed by atoms with Crippen LogP contribution in [0.1, 0.15) is 6.92 Å². The lowest BCUT2D eigenvalue weighted by molar-refractivity contribution is -0.114. The van der Waals surface area contributed by atoms with Crippen LogP contribution in [0, 0.1) is 12.3 Å². The molecule has 1 N–H and O–H groups in total. The normalized spacial score (nSPS) is 11.0. The number of sulfone groups is 1. The molecule has 0 aliphatic heterocycles. The highest BCUT2D eigenvalue weighted by Gasteiger charge is 2.13. The SMILES string of the molecule is C#CCS(=O)(=O)c1ccc2cc(NC(C)=O)ccc2c1. The van der Waals surface area contributed by atoms with Gasteiger partial charge in [0.15, 0.2) is 9.84 Å². The van der Waals surface area contributed by atoms with Gasteiger partial charge in [0.25, 0.3) is 0 Å². The van der Waals surface area contributed by atoms with Crippen LogP contribution >= 0.6 is 0 Å². The second kappa shape index (κ2) is 5.35. The molecule has 0 heterocycles. The lowest BCUT2D eigenvalue weighted by Crippen LogP contribution is -2.06. The van der Waals surface area contributed by atoms with Gasteiger partial charge in [-0.3, -0.25) is 4.79 Å². The highest BCUT2D eigenvalue weighted by molar-refractivity contribution is 7.91. The first-order valence-corrected chi connectivity index (χ1v) is 7.55. The van der Waals surface area contributed by atoms with Gasteiger partial charge >= 0.3 is 0 Å². The summed E-state index contributed by atoms with van der Waals surface area (Å²) < 4.78 is 23.8. The molecule has 0 radical (unpaired) electrons. The first-order valence-electron chi connectivity index (χ1n) is 5.90. The summed E-state index contributed by atoms with van der Waals surface area (Å²) in [5.41, 5.74) is 0.671. The van der Waals surface area contributed by atoms with E-state index in [0.717, 1.165) is 10.8 Å². The highest BCUT2D eigenvalue weighted by Crippen LogP contribution is 2.23. The summed E-state index contributed by atoms with van der Waals surface area (Å²) in [4.78, 5) is 11.2. The quantitative estimate of drug-likeness (QED) is 0.880. The third-order valence-electron chi connectivity index (χ3n) is 2.76. The molecule has 0 aliphatic rings. The zero-order valence-electron chi connectivity index (χ0n) is 10.9. The van der Waals surface area contributed by atoms with E-state index in [-0.39, 0.29) is 16.6 Å². The van der Waals surface area contributed by atoms with E-state index in [0.29, 0.717) is 5.69 Å². The van der Waals surface area contributed by atoms with Crippen molar-refractivity contribution in [2.45, 2.75) is 11.8 Å². The molecule has 20 heavy (non-hydrogen) atoms. The molecule has 0 spiro atoms. The van der Waals surface area contributed by atoms with Crippen molar-refractivity contribution in [1.82, 2.24) is 0 Å². The molecule has 0 aliphatic carbocycles. The van der Waals surface area contributed by atoms with Crippen molar-refractivity contribution in [2.24, 2.45) is 0 Å². The fourth-order valence-corrected chi connectivity index (χ4v) is 2.86. The van der Waals surface area contributed by atoms with Crippen LogP contribution in [0.2, 0.25) is 0 Å². The molecule has 1 amide bonds. The molecule has 5 heteroatoms. The lowest BCUT2D eigenvalue weighted by atomic mass is 10.1. The van der Waals surface area contributed by atoms with Crippen LogP contribution in [-0.2, 0) is 14.6 Å². The van der Waals surface area contributed by atoms with Gasteiger partial charge in [0.1, 0.15) is 5.75 Å². The smallest absolute Gasteiger partial charge is 0.221 e. The molecule has 0 aromatic heterocycles. The minimum Gasteiger partial charge on any atom is -0.326 e. The Morgan fingerprint density at radius 1 is 1.20 bits per heavy atom. The van der Waals surface area contributed by atoms with E-state index in [1.807, 2.05) is 0 Å². The summed E-state index contributed by atoms with van der Waals surface area (Å²) in [6.45, 7) is 1.43. The topological polar surface area (TPSA) is 63.2 Å². The summed E-state index contributed by atoms with van der Waals surface area (Å²) in [6.07, 6.45) is 5.06. The van der Waals surface area contributed by atoms with E-state index < -0.39 is 9.84 Å². The average molecular weight is 287 g/mol. The molecule has 0 bridgehead atoms. The third-order valence-corrected chi connectivity index (χ3v) is 4.28. The van der Waals surface area contributed by atoms with Crippen LogP contribution in [0.15, 0.2) is 41.3 Å². The van der Waals surface area contributed by atoms with Crippen molar-refractivity contribution in [3.05, 3.63) is 36.4 Å². The molecule has 4 nitrogen and oxygen atoms in total. The van der Waals surface area contributed by atoms with Gasteiger partial charge in [0.05, 0.1) is 4.90 Å². The first-order chi connectivity index (χ1) is 9.42. The fourth-order valence-electron chi connectivity index (χ4n) is 1.89. The van der Waals surface area contributed by atoms with Gasteiger partial charge in [-0.15, -0.1) is 6.42 Å². The van der Waals surface area contributed by atoms with Gasteiger partial charge in [-0.1, -0.05) is 18.1 Å². The second-order valence-corrected chi connectivity index (χ2v) is 6.36. The number of terminal acetylenes is 1. The van der Waals surface area contributed by atoms with Gasteiger partial charge in [-0.2, -0.15) is 0 Å². The summed E-state index contributed by atoms with van der Waals surface area (Å²) in [7, 11) is -3.44. The Morgan fingerprint density at radius 2 is 1.85 bits per heavy atom. The van der Waals surface area contributed by atoms with Gasteiger partial charge in [-0.25, -0.2) is 8.42 Å². The summed E-state index contributed by atoms with van der Waals surface area (Å²) in [6, 6.07) is 10.1. The Bertz CT molecular complexity index is 817. The molecular formula is C15H13NO3S. The van der Waals surface area contributed by atoms with Gasteiger partial charge in [0, 0.05) is 12.6 Å². The van der Waals surface area contributed by atoms with E-state index in [9.17, 15) is 13.2 Å². The number of amides is 1. The van der Waals surface area contributed by atoms with Crippen LogP contribution in [0.5, 0.6) is 0 Å². The third kappa shape index (κ3) is 2.98. The number of nitrogens with one attached hydrogen (secondary N) is 1. The molecule has 0 saturated carbocycles. The minimum absolute atomic E-state index is 0.155. The molecule has 2 aromatic rings. The number of hydrogen-bond donors (Lipinski definition) is 1. The zero-order valence-corrected chi connectivity index (χ0v) is 11.7. The monoisotopic (exact) mass is 287 g/mol. The van der Waals surface area contributed by atoms with E-state index in [2.05, 4.69) is 11.2 Å². The number of carbonyl (C=O) groups excluding carboxylic acids is 1. The van der Waals surface area contributed by atoms with Gasteiger partial charge < -0.3 is 5.32 Å². The van der Waals surface area contributed by atoms with E-state index in [1.165, 1.54) is 13.0 Å². The molecule has 0 atom stereocenters. The standard InChI is InChI=1S/C15H13NO3S/c1-3-8-20(18,19)15-7-5-12-9-14(16-11(2)17)6-4-13(12)10-15/h1,4-7,9-10H,8H2,2H3,(H,16,17). The first kappa shape index (κ1) is 14.1. The molecule has 0 unspecified atom stereocenters. The minimum atomic E-state index is -3.44. The molecular weight excluding hydrogens is 274 g/mol. The maximum Gasteiger partial charge on any atom is 0.221 e. The highest BCUT2D eigenvalue weighted by atomic mass is 32.2. The van der Waals surface area contributed by atoms with Crippen LogP contribution in [0.4, 0.5) is 5.69 Å². The molecule has 2 rings (SSSR count). The summed E-state index contributed by atoms with van der Waals surface area (Å²) in [5, 5.41) is 4.30. The van der Waals surface area contributed by atoms with Crippen molar-refractivity contribution >= 4 is 32.2 Å². The van der Waals surface area contributed by atoms with E-state index in [4.69, 9.17) is 6.42 Å². The Morgan fingerprint density at radius 3 is 2.50 bits per heavy atom. The number of fused-ring (bicyclic) bond motifs is 1. The summed E-state index contributed by atoms with van der Waals surface area (Å²) in [5.74, 6) is 1.68. The van der Waals surface area contributed by atoms with Gasteiger partial charge in [-0.05, 0) is 35.0 Å². The molecule has 2 aromatic carbocycles.